The highest BCUT2D eigenvalue weighted by molar-refractivity contribution is 5.83. The summed E-state index contributed by atoms with van der Waals surface area (Å²) in [4.78, 5) is 12.8. The maximum Gasteiger partial charge on any atom is 0.249 e. The summed E-state index contributed by atoms with van der Waals surface area (Å²) < 4.78 is 1.48. The topological polar surface area (TPSA) is 72.7 Å². The van der Waals surface area contributed by atoms with Crippen molar-refractivity contribution in [3.05, 3.63) is 78.1 Å². The summed E-state index contributed by atoms with van der Waals surface area (Å²) in [6.07, 6.45) is 3.25. The van der Waals surface area contributed by atoms with Crippen molar-refractivity contribution in [3.63, 3.8) is 0 Å². The lowest BCUT2D eigenvalue weighted by atomic mass is 10.0. The number of hydrogen-bond acceptors (Lipinski definition) is 4. The number of aryl methyl sites for hydroxylation is 1. The molecule has 0 radical (unpaired) electrons. The van der Waals surface area contributed by atoms with Gasteiger partial charge >= 0.3 is 0 Å². The van der Waals surface area contributed by atoms with Gasteiger partial charge in [0.05, 0.1) is 0 Å². The normalized spacial score (nSPS) is 13.2. The van der Waals surface area contributed by atoms with Crippen LogP contribution in [0.5, 0.6) is 0 Å². The Morgan fingerprint density at radius 2 is 1.76 bits per heavy atom. The molecule has 0 saturated carbocycles. The number of carbonyl (C=O) groups is 1. The smallest absolute Gasteiger partial charge is 0.249 e. The van der Waals surface area contributed by atoms with E-state index >= 15 is 0 Å². The van der Waals surface area contributed by atoms with E-state index in [-0.39, 0.29) is 11.9 Å². The van der Waals surface area contributed by atoms with Crippen LogP contribution in [0.3, 0.4) is 0 Å². The van der Waals surface area contributed by atoms with Crippen LogP contribution >= 0.6 is 0 Å². The van der Waals surface area contributed by atoms with Crippen molar-refractivity contribution in [3.8, 4) is 0 Å². The molecule has 128 valence electrons. The van der Waals surface area contributed by atoms with Crippen molar-refractivity contribution in [1.29, 1.82) is 0 Å². The molecule has 1 amide bonds. The maximum absolute atomic E-state index is 12.8. The van der Waals surface area contributed by atoms with E-state index in [4.69, 9.17) is 0 Å². The molecule has 6 heteroatoms. The predicted molar refractivity (Wildman–Crippen MR) is 94.8 cm³/mol. The molecule has 0 aliphatic carbocycles. The monoisotopic (exact) mass is 335 g/mol. The van der Waals surface area contributed by atoms with Crippen LogP contribution in [-0.4, -0.2) is 32.2 Å². The number of nitrogens with zero attached hydrogens (tertiary/aromatic N) is 4. The fraction of sp³-hybridized carbons (Fsp3) is 0.263. The summed E-state index contributed by atoms with van der Waals surface area (Å²) in [5.41, 5.74) is 2.12. The summed E-state index contributed by atoms with van der Waals surface area (Å²) in [6, 6.07) is 19.3. The van der Waals surface area contributed by atoms with E-state index in [9.17, 15) is 4.79 Å². The summed E-state index contributed by atoms with van der Waals surface area (Å²) in [5, 5.41) is 14.3. The van der Waals surface area contributed by atoms with Crippen molar-refractivity contribution in [2.75, 3.05) is 0 Å². The number of tetrazole rings is 1. The quantitative estimate of drug-likeness (QED) is 0.719. The van der Waals surface area contributed by atoms with Crippen LogP contribution in [0.15, 0.2) is 67.0 Å². The number of nitrogens with one attached hydrogen (secondary N) is 1. The zero-order valence-corrected chi connectivity index (χ0v) is 14.1. The van der Waals surface area contributed by atoms with Crippen LogP contribution in [0.25, 0.3) is 0 Å². The Morgan fingerprint density at radius 1 is 1.08 bits per heavy atom. The molecule has 2 aromatic carbocycles. The van der Waals surface area contributed by atoms with Crippen molar-refractivity contribution in [2.24, 2.45) is 0 Å². The molecule has 6 nitrogen and oxygen atoms in total. The molecule has 1 aromatic heterocycles. The van der Waals surface area contributed by atoms with Crippen LogP contribution in [0.2, 0.25) is 0 Å². The standard InChI is InChI=1S/C19H21N5O/c1-15(12-13-16-8-4-2-5-9-16)21-19(25)18(24-14-20-22-23-24)17-10-6-3-7-11-17/h2-11,14-15,18H,12-13H2,1H3,(H,21,25)/t15-,18-/m1/s1. The van der Waals surface area contributed by atoms with Crippen molar-refractivity contribution in [1.82, 2.24) is 25.5 Å². The molecule has 3 aromatic rings. The van der Waals surface area contributed by atoms with Gasteiger partial charge in [-0.1, -0.05) is 60.7 Å². The van der Waals surface area contributed by atoms with E-state index in [1.807, 2.05) is 55.5 Å². The predicted octanol–water partition coefficient (Wildman–Crippen LogP) is 2.40. The molecule has 0 aliphatic heterocycles. The molecule has 3 rings (SSSR count). The van der Waals surface area contributed by atoms with Gasteiger partial charge in [0.2, 0.25) is 5.91 Å². The third kappa shape index (κ3) is 4.50. The Labute approximate surface area is 146 Å². The second-order valence-electron chi connectivity index (χ2n) is 6.04. The Bertz CT molecular complexity index is 774. The maximum atomic E-state index is 12.8. The van der Waals surface area contributed by atoms with Gasteiger partial charge in [-0.15, -0.1) is 5.10 Å². The first-order chi connectivity index (χ1) is 12.2. The number of amides is 1. The van der Waals surface area contributed by atoms with Crippen LogP contribution in [0.1, 0.15) is 30.5 Å². The van der Waals surface area contributed by atoms with Crippen LogP contribution in [0.4, 0.5) is 0 Å². The molecule has 0 saturated heterocycles. The average Bonchev–Trinajstić information content (AvgIpc) is 3.16. The van der Waals surface area contributed by atoms with Crippen molar-refractivity contribution < 1.29 is 4.79 Å². The highest BCUT2D eigenvalue weighted by Crippen LogP contribution is 2.17. The Morgan fingerprint density at radius 3 is 2.40 bits per heavy atom. The molecule has 25 heavy (non-hydrogen) atoms. The molecule has 0 fully saturated rings. The molecule has 0 bridgehead atoms. The van der Waals surface area contributed by atoms with Gasteiger partial charge in [-0.05, 0) is 41.3 Å². The minimum Gasteiger partial charge on any atom is -0.351 e. The minimum atomic E-state index is -0.574. The summed E-state index contributed by atoms with van der Waals surface area (Å²) in [6.45, 7) is 2.02. The summed E-state index contributed by atoms with van der Waals surface area (Å²) in [7, 11) is 0. The Balaban J connectivity index is 1.66. The van der Waals surface area contributed by atoms with Crippen LogP contribution < -0.4 is 5.32 Å². The Kier molecular flexibility index (Phi) is 5.51. The van der Waals surface area contributed by atoms with E-state index in [2.05, 4.69) is 33.0 Å². The number of hydrogen-bond donors (Lipinski definition) is 1. The van der Waals surface area contributed by atoms with Gasteiger partial charge in [-0.2, -0.15) is 0 Å². The zero-order valence-electron chi connectivity index (χ0n) is 14.1. The zero-order chi connectivity index (χ0) is 17.5. The fourth-order valence-electron chi connectivity index (χ4n) is 2.77. The van der Waals surface area contributed by atoms with Gasteiger partial charge in [0, 0.05) is 6.04 Å². The molecule has 1 N–H and O–H groups in total. The molecule has 1 heterocycles. The second kappa shape index (κ2) is 8.19. The molecule has 0 aliphatic rings. The van der Waals surface area contributed by atoms with Gasteiger partial charge in [0.15, 0.2) is 6.04 Å². The first kappa shape index (κ1) is 16.8. The van der Waals surface area contributed by atoms with Crippen molar-refractivity contribution >= 4 is 5.91 Å². The van der Waals surface area contributed by atoms with Gasteiger partial charge in [0.1, 0.15) is 6.33 Å². The second-order valence-corrected chi connectivity index (χ2v) is 6.04. The summed E-state index contributed by atoms with van der Waals surface area (Å²) >= 11 is 0. The number of carbonyl (C=O) groups excluding carboxylic acids is 1. The first-order valence-electron chi connectivity index (χ1n) is 8.36. The van der Waals surface area contributed by atoms with Crippen molar-refractivity contribution in [2.45, 2.75) is 31.8 Å². The third-order valence-corrected chi connectivity index (χ3v) is 4.09. The van der Waals surface area contributed by atoms with E-state index in [0.717, 1.165) is 18.4 Å². The molecular weight excluding hydrogens is 314 g/mol. The number of aromatic nitrogens is 4. The SMILES string of the molecule is C[C@H](CCc1ccccc1)NC(=O)[C@@H](c1ccccc1)n1cnnn1. The first-order valence-corrected chi connectivity index (χ1v) is 8.36. The lowest BCUT2D eigenvalue weighted by Crippen LogP contribution is -2.39. The van der Waals surface area contributed by atoms with Gasteiger partial charge < -0.3 is 5.32 Å². The lowest BCUT2D eigenvalue weighted by molar-refractivity contribution is -0.124. The third-order valence-electron chi connectivity index (χ3n) is 4.09. The van der Waals surface area contributed by atoms with E-state index < -0.39 is 6.04 Å². The number of rotatable bonds is 7. The molecular formula is C19H21N5O. The molecule has 0 spiro atoms. The van der Waals surface area contributed by atoms with E-state index in [1.165, 1.54) is 16.6 Å². The van der Waals surface area contributed by atoms with E-state index in [1.54, 1.807) is 0 Å². The van der Waals surface area contributed by atoms with Crippen LogP contribution in [0, 0.1) is 0 Å². The largest absolute Gasteiger partial charge is 0.351 e. The summed E-state index contributed by atoms with van der Waals surface area (Å²) in [5.74, 6) is -0.112. The Hall–Kier alpha value is -3.02. The van der Waals surface area contributed by atoms with Gasteiger partial charge in [-0.3, -0.25) is 4.79 Å². The molecule has 0 unspecified atom stereocenters. The highest BCUT2D eigenvalue weighted by Gasteiger charge is 2.24. The fourth-order valence-corrected chi connectivity index (χ4v) is 2.77. The number of benzene rings is 2. The van der Waals surface area contributed by atoms with Crippen LogP contribution in [-0.2, 0) is 11.2 Å². The molecule has 2 atom stereocenters. The highest BCUT2D eigenvalue weighted by atomic mass is 16.2. The lowest BCUT2D eigenvalue weighted by Gasteiger charge is -2.20. The average molecular weight is 335 g/mol. The van der Waals surface area contributed by atoms with Gasteiger partial charge in [-0.25, -0.2) is 4.68 Å². The minimum absolute atomic E-state index is 0.0513. The van der Waals surface area contributed by atoms with Gasteiger partial charge in [0.25, 0.3) is 0 Å². The van der Waals surface area contributed by atoms with E-state index in [0.29, 0.717) is 0 Å².